The van der Waals surface area contributed by atoms with Crippen molar-refractivity contribution in [1.82, 2.24) is 15.9 Å². The first-order chi connectivity index (χ1) is 14.2. The maximum Gasteiger partial charge on any atom is 0.303 e. The number of carboxylic acid groups (broad SMARTS) is 1. The quantitative estimate of drug-likeness (QED) is 0.335. The molecular formula is C20H32N4O5. The second-order valence-electron chi connectivity index (χ2n) is 8.93. The van der Waals surface area contributed by atoms with Gasteiger partial charge in [-0.3, -0.25) is 19.2 Å². The highest BCUT2D eigenvalue weighted by atomic mass is 16.4. The molecule has 0 spiro atoms. The molecule has 29 heavy (non-hydrogen) atoms. The van der Waals surface area contributed by atoms with E-state index in [0.29, 0.717) is 23.2 Å². The molecule has 4 fully saturated rings. The van der Waals surface area contributed by atoms with Crippen molar-refractivity contribution in [2.75, 3.05) is 6.54 Å². The Labute approximate surface area is 172 Å². The molecule has 0 unspecified atom stereocenters. The Kier molecular flexibility index (Phi) is 6.32. The van der Waals surface area contributed by atoms with Crippen LogP contribution >= 0.6 is 0 Å². The molecule has 0 aromatic rings. The average molecular weight is 410 g/mol. The molecule has 4 bridgehead atoms. The fourth-order valence-corrected chi connectivity index (χ4v) is 5.63. The van der Waals surface area contributed by atoms with Gasteiger partial charge in [0, 0.05) is 12.5 Å². The minimum atomic E-state index is -1.16. The molecule has 0 aromatic heterocycles. The molecule has 9 nitrogen and oxygen atoms in total. The molecule has 0 aliphatic heterocycles. The maximum atomic E-state index is 12.5. The van der Waals surface area contributed by atoms with Crippen LogP contribution in [0, 0.1) is 23.7 Å². The summed E-state index contributed by atoms with van der Waals surface area (Å²) < 4.78 is 8.02. The number of hydrogen-bond donors (Lipinski definition) is 5. The number of aliphatic carboxylic acids is 1. The van der Waals surface area contributed by atoms with Crippen LogP contribution in [-0.4, -0.2) is 53.5 Å². The van der Waals surface area contributed by atoms with Gasteiger partial charge in [-0.1, -0.05) is 0 Å². The molecule has 0 heterocycles. The number of rotatable bonds is 10. The van der Waals surface area contributed by atoms with Gasteiger partial charge in [0.25, 0.3) is 0 Å². The van der Waals surface area contributed by atoms with E-state index in [4.69, 9.17) is 12.3 Å². The van der Waals surface area contributed by atoms with Crippen LogP contribution < -0.4 is 21.7 Å². The lowest BCUT2D eigenvalue weighted by atomic mass is 9.54. The summed E-state index contributed by atoms with van der Waals surface area (Å²) in [6.07, 6.45) is 5.73. The van der Waals surface area contributed by atoms with Crippen molar-refractivity contribution < 1.29 is 25.7 Å². The van der Waals surface area contributed by atoms with Gasteiger partial charge < -0.3 is 26.8 Å². The van der Waals surface area contributed by atoms with E-state index in [0.717, 1.165) is 11.8 Å². The van der Waals surface area contributed by atoms with Gasteiger partial charge in [0.05, 0.1) is 6.54 Å². The molecule has 2 atom stereocenters. The largest absolute Gasteiger partial charge is 0.481 e. The molecule has 4 aliphatic carbocycles. The normalized spacial score (nSPS) is 32.2. The van der Waals surface area contributed by atoms with E-state index in [1.807, 2.05) is 0 Å². The Morgan fingerprint density at radius 1 is 1.10 bits per heavy atom. The summed E-state index contributed by atoms with van der Waals surface area (Å²) in [5, 5.41) is 15.0. The van der Waals surface area contributed by atoms with Crippen LogP contribution in [0.25, 0.3) is 0 Å². The van der Waals surface area contributed by atoms with Gasteiger partial charge >= 0.3 is 5.97 Å². The number of nitrogens with one attached hydrogen (secondary N) is 3. The SMILES string of the molecule is [2H]N(C(=O)CNC1C2CC3CC(C2)CC1C3)[C@@H](C)C(=O)N[C@@H](CCC(=O)O)C(N)=O. The van der Waals surface area contributed by atoms with Crippen molar-refractivity contribution in [3.8, 4) is 0 Å². The Morgan fingerprint density at radius 3 is 2.21 bits per heavy atom. The maximum absolute atomic E-state index is 12.5. The number of hydrogen-bond acceptors (Lipinski definition) is 5. The number of amides is 3. The average Bonchev–Trinajstić information content (AvgIpc) is 2.68. The smallest absolute Gasteiger partial charge is 0.303 e. The van der Waals surface area contributed by atoms with Crippen molar-refractivity contribution >= 4 is 23.7 Å². The number of carboxylic acids is 1. The number of primary amides is 1. The minimum absolute atomic E-state index is 0.00756. The van der Waals surface area contributed by atoms with E-state index in [1.165, 1.54) is 39.0 Å². The number of nitrogens with two attached hydrogens (primary N) is 1. The van der Waals surface area contributed by atoms with Gasteiger partial charge in [0.15, 0.2) is 1.41 Å². The predicted molar refractivity (Wildman–Crippen MR) is 104 cm³/mol. The molecule has 3 amide bonds. The van der Waals surface area contributed by atoms with Gasteiger partial charge in [0.1, 0.15) is 12.1 Å². The second kappa shape index (κ2) is 9.11. The Balaban J connectivity index is 1.48. The monoisotopic (exact) mass is 409 g/mol. The molecule has 4 saturated carbocycles. The van der Waals surface area contributed by atoms with Crippen LogP contribution in [0.4, 0.5) is 0 Å². The lowest BCUT2D eigenvalue weighted by Gasteiger charge is -2.54. The molecule has 4 rings (SSSR count). The first-order valence-electron chi connectivity index (χ1n) is 11.0. The van der Waals surface area contributed by atoms with E-state index in [-0.39, 0.29) is 19.4 Å². The van der Waals surface area contributed by atoms with Crippen molar-refractivity contribution in [2.24, 2.45) is 29.4 Å². The number of carbonyl (C=O) groups is 4. The van der Waals surface area contributed by atoms with Crippen LogP contribution in [0.2, 0.25) is 1.41 Å². The first-order valence-corrected chi connectivity index (χ1v) is 10.5. The van der Waals surface area contributed by atoms with Crippen molar-refractivity contribution in [2.45, 2.75) is 70.0 Å². The van der Waals surface area contributed by atoms with Gasteiger partial charge in [0.2, 0.25) is 17.7 Å². The third kappa shape index (κ3) is 5.46. The topological polar surface area (TPSA) is 151 Å². The van der Waals surface area contributed by atoms with Gasteiger partial charge in [-0.15, -0.1) is 0 Å². The van der Waals surface area contributed by atoms with Crippen LogP contribution in [0.1, 0.15) is 51.9 Å². The summed E-state index contributed by atoms with van der Waals surface area (Å²) in [6.45, 7) is 1.38. The molecule has 4 aliphatic rings. The van der Waals surface area contributed by atoms with Crippen molar-refractivity contribution in [1.29, 1.82) is 0 Å². The van der Waals surface area contributed by atoms with Crippen LogP contribution in [-0.2, 0) is 19.2 Å². The lowest BCUT2D eigenvalue weighted by Crippen LogP contribution is -2.57. The first kappa shape index (κ1) is 20.1. The number of carbonyl (C=O) groups excluding carboxylic acids is 3. The highest BCUT2D eigenvalue weighted by Gasteiger charge is 2.48. The molecule has 0 aromatic carbocycles. The third-order valence-corrected chi connectivity index (χ3v) is 6.74. The Morgan fingerprint density at radius 2 is 1.69 bits per heavy atom. The molecular weight excluding hydrogens is 376 g/mol. The van der Waals surface area contributed by atoms with Gasteiger partial charge in [-0.2, -0.15) is 0 Å². The van der Waals surface area contributed by atoms with E-state index in [2.05, 4.69) is 10.6 Å². The summed E-state index contributed by atoms with van der Waals surface area (Å²) in [5.74, 6) is -0.359. The summed E-state index contributed by atoms with van der Waals surface area (Å²) in [6, 6.07) is -2.00. The van der Waals surface area contributed by atoms with Gasteiger partial charge in [-0.25, -0.2) is 0 Å². The minimum Gasteiger partial charge on any atom is -0.481 e. The summed E-state index contributed by atoms with van der Waals surface area (Å²) in [5.41, 5.74) is 5.21. The lowest BCUT2D eigenvalue weighted by molar-refractivity contribution is -0.137. The van der Waals surface area contributed by atoms with Crippen LogP contribution in [0.3, 0.4) is 0 Å². The predicted octanol–water partition coefficient (Wildman–Crippen LogP) is -0.260. The van der Waals surface area contributed by atoms with Gasteiger partial charge in [-0.05, 0) is 69.1 Å². The highest BCUT2D eigenvalue weighted by Crippen LogP contribution is 2.53. The zero-order valence-electron chi connectivity index (χ0n) is 17.8. The van der Waals surface area contributed by atoms with Crippen molar-refractivity contribution in [3.63, 3.8) is 0 Å². The molecule has 9 heteroatoms. The molecule has 6 N–H and O–H groups in total. The van der Waals surface area contributed by atoms with E-state index >= 15 is 0 Å². The Bertz CT molecular complexity index is 675. The zero-order chi connectivity index (χ0) is 22.0. The summed E-state index contributed by atoms with van der Waals surface area (Å²) >= 11 is 0. The summed E-state index contributed by atoms with van der Waals surface area (Å²) in [7, 11) is 0. The van der Waals surface area contributed by atoms with E-state index in [1.54, 1.807) is 0 Å². The highest BCUT2D eigenvalue weighted by molar-refractivity contribution is 5.91. The molecule has 0 radical (unpaired) electrons. The van der Waals surface area contributed by atoms with Crippen LogP contribution in [0.5, 0.6) is 0 Å². The third-order valence-electron chi connectivity index (χ3n) is 6.74. The molecule has 162 valence electrons. The Hall–Kier alpha value is -2.16. The second-order valence-corrected chi connectivity index (χ2v) is 8.93. The molecule has 0 saturated heterocycles. The fourth-order valence-electron chi connectivity index (χ4n) is 5.63. The van der Waals surface area contributed by atoms with Crippen molar-refractivity contribution in [3.05, 3.63) is 0 Å². The fraction of sp³-hybridized carbons (Fsp3) is 0.800. The summed E-state index contributed by atoms with van der Waals surface area (Å²) in [4.78, 5) is 47.0. The van der Waals surface area contributed by atoms with Crippen LogP contribution in [0.15, 0.2) is 0 Å². The standard InChI is InChI=1S/C20H32N4O5/c1-10(20(29)24-15(19(21)28)2-3-17(26)27)23-16(25)9-22-18-13-5-11-4-12(7-13)8-14(18)6-11/h10-15,18,22H,2-9H2,1H3,(H2,21,28)(H,23,25)(H,24,29)(H,26,27)/t10-,11?,12?,13?,14?,15-,18?/m0/s1/i/hD. The van der Waals surface area contributed by atoms with E-state index < -0.39 is 35.8 Å². The van der Waals surface area contributed by atoms with E-state index in [9.17, 15) is 19.2 Å². The zero-order valence-corrected chi connectivity index (χ0v) is 16.8.